The summed E-state index contributed by atoms with van der Waals surface area (Å²) in [5.74, 6) is -2.07. The lowest BCUT2D eigenvalue weighted by Crippen LogP contribution is -2.39. The van der Waals surface area contributed by atoms with Crippen LogP contribution in [0.1, 0.15) is 34.1 Å². The van der Waals surface area contributed by atoms with Gasteiger partial charge in [0.15, 0.2) is 5.92 Å². The zero-order chi connectivity index (χ0) is 24.8. The Morgan fingerprint density at radius 1 is 1.14 bits per heavy atom. The molecule has 35 heavy (non-hydrogen) atoms. The van der Waals surface area contributed by atoms with Gasteiger partial charge >= 0.3 is 0 Å². The number of nitrogens with zero attached hydrogens (tertiary/aromatic N) is 2. The third kappa shape index (κ3) is 6.20. The van der Waals surface area contributed by atoms with Crippen molar-refractivity contribution in [2.45, 2.75) is 24.8 Å². The third-order valence-electron chi connectivity index (χ3n) is 5.48. The molecular formula is C25H25N5O4S. The second kappa shape index (κ2) is 11.1. The van der Waals surface area contributed by atoms with Gasteiger partial charge in [0.2, 0.25) is 11.8 Å². The van der Waals surface area contributed by atoms with Crippen molar-refractivity contribution in [1.82, 2.24) is 20.9 Å². The topological polar surface area (TPSA) is 133 Å². The summed E-state index contributed by atoms with van der Waals surface area (Å²) in [7, 11) is 1.58. The Kier molecular flexibility index (Phi) is 7.70. The number of carbonyl (C=O) groups is 3. The fourth-order valence-electron chi connectivity index (χ4n) is 3.43. The van der Waals surface area contributed by atoms with Crippen molar-refractivity contribution in [2.75, 3.05) is 26.8 Å². The van der Waals surface area contributed by atoms with E-state index in [0.717, 1.165) is 28.7 Å². The number of ether oxygens (including phenoxy) is 1. The van der Waals surface area contributed by atoms with Crippen LogP contribution in [0.25, 0.3) is 21.3 Å². The van der Waals surface area contributed by atoms with Gasteiger partial charge in [-0.05, 0) is 48.2 Å². The number of benzene rings is 2. The Labute approximate surface area is 206 Å². The average molecular weight is 492 g/mol. The van der Waals surface area contributed by atoms with E-state index >= 15 is 0 Å². The van der Waals surface area contributed by atoms with Gasteiger partial charge in [0.1, 0.15) is 5.01 Å². The molecule has 180 valence electrons. The van der Waals surface area contributed by atoms with Crippen molar-refractivity contribution < 1.29 is 19.1 Å². The maximum absolute atomic E-state index is 12.5. The average Bonchev–Trinajstić information content (AvgIpc) is 3.58. The number of fused-ring (bicyclic) bond motifs is 1. The Hall–Kier alpha value is -3.81. The normalized spacial score (nSPS) is 13.6. The van der Waals surface area contributed by atoms with E-state index in [1.165, 1.54) is 11.3 Å². The molecule has 10 heteroatoms. The molecule has 1 atom stereocenters. The summed E-state index contributed by atoms with van der Waals surface area (Å²) < 4.78 is 5.77. The molecule has 4 rings (SSSR count). The number of aromatic nitrogens is 1. The standard InChI is InChI=1S/C25H25N5O4S/c1-34-11-10-27-23(32)16-4-2-15(3-5-16)17-6-9-20-21(12-17)35-25(30-20)19(13-26)24(33)28-14-22(31)29-18-7-8-18/h2-6,9,12,18-19H,7-8,10-11,14H2,1H3,(H,27,32)(H,28,33)(H,29,31). The molecule has 9 nitrogen and oxygen atoms in total. The van der Waals surface area contributed by atoms with Gasteiger partial charge in [-0.1, -0.05) is 18.2 Å². The SMILES string of the molecule is COCCNC(=O)c1ccc(-c2ccc3nc(C(C#N)C(=O)NCC(=O)NC4CC4)sc3c2)cc1. The highest BCUT2D eigenvalue weighted by Crippen LogP contribution is 2.31. The number of hydrogen-bond acceptors (Lipinski definition) is 7. The molecular weight excluding hydrogens is 466 g/mol. The summed E-state index contributed by atoms with van der Waals surface area (Å²) in [5.41, 5.74) is 3.09. The second-order valence-electron chi connectivity index (χ2n) is 8.18. The predicted octanol–water partition coefficient (Wildman–Crippen LogP) is 2.34. The minimum atomic E-state index is -1.10. The summed E-state index contributed by atoms with van der Waals surface area (Å²) >= 11 is 1.27. The number of methoxy groups -OCH3 is 1. The monoisotopic (exact) mass is 491 g/mol. The molecule has 3 amide bonds. The van der Waals surface area contributed by atoms with Gasteiger partial charge < -0.3 is 20.7 Å². The minimum Gasteiger partial charge on any atom is -0.383 e. The lowest BCUT2D eigenvalue weighted by molar-refractivity contribution is -0.126. The van der Waals surface area contributed by atoms with Gasteiger partial charge in [0.25, 0.3) is 5.91 Å². The van der Waals surface area contributed by atoms with Crippen LogP contribution < -0.4 is 16.0 Å². The molecule has 1 aliphatic carbocycles. The van der Waals surface area contributed by atoms with E-state index in [9.17, 15) is 19.6 Å². The van der Waals surface area contributed by atoms with Gasteiger partial charge in [-0.15, -0.1) is 11.3 Å². The van der Waals surface area contributed by atoms with Crippen LogP contribution >= 0.6 is 11.3 Å². The highest BCUT2D eigenvalue weighted by Gasteiger charge is 2.26. The Morgan fingerprint density at radius 3 is 2.57 bits per heavy atom. The molecule has 1 unspecified atom stereocenters. The molecule has 1 fully saturated rings. The smallest absolute Gasteiger partial charge is 0.251 e. The number of nitriles is 1. The predicted molar refractivity (Wildman–Crippen MR) is 132 cm³/mol. The van der Waals surface area contributed by atoms with Crippen LogP contribution in [0.4, 0.5) is 0 Å². The van der Waals surface area contributed by atoms with E-state index in [4.69, 9.17) is 4.74 Å². The van der Waals surface area contributed by atoms with Gasteiger partial charge in [-0.25, -0.2) is 4.98 Å². The summed E-state index contributed by atoms with van der Waals surface area (Å²) in [4.78, 5) is 41.0. The molecule has 1 heterocycles. The van der Waals surface area contributed by atoms with Crippen LogP contribution in [-0.2, 0) is 14.3 Å². The largest absolute Gasteiger partial charge is 0.383 e. The fourth-order valence-corrected chi connectivity index (χ4v) is 4.48. The molecule has 2 aromatic carbocycles. The molecule has 0 radical (unpaired) electrons. The van der Waals surface area contributed by atoms with Crippen LogP contribution in [0.15, 0.2) is 42.5 Å². The van der Waals surface area contributed by atoms with Gasteiger partial charge in [-0.3, -0.25) is 14.4 Å². The lowest BCUT2D eigenvalue weighted by atomic mass is 10.0. The fraction of sp³-hybridized carbons (Fsp3) is 0.320. The van der Waals surface area contributed by atoms with Crippen molar-refractivity contribution >= 4 is 39.3 Å². The van der Waals surface area contributed by atoms with E-state index < -0.39 is 11.8 Å². The Morgan fingerprint density at radius 2 is 1.89 bits per heavy atom. The van der Waals surface area contributed by atoms with Crippen molar-refractivity contribution in [3.05, 3.63) is 53.0 Å². The van der Waals surface area contributed by atoms with Crippen LogP contribution in [0, 0.1) is 11.3 Å². The summed E-state index contributed by atoms with van der Waals surface area (Å²) in [6, 6.07) is 15.1. The summed E-state index contributed by atoms with van der Waals surface area (Å²) in [6.45, 7) is 0.727. The van der Waals surface area contributed by atoms with E-state index in [-0.39, 0.29) is 24.4 Å². The number of amides is 3. The van der Waals surface area contributed by atoms with Crippen molar-refractivity contribution in [3.8, 4) is 17.2 Å². The first-order valence-electron chi connectivity index (χ1n) is 11.2. The molecule has 1 aliphatic rings. The quantitative estimate of drug-likeness (QED) is 0.373. The van der Waals surface area contributed by atoms with Gasteiger partial charge in [0, 0.05) is 25.3 Å². The first-order chi connectivity index (χ1) is 17.0. The molecule has 1 aromatic heterocycles. The van der Waals surface area contributed by atoms with Gasteiger partial charge in [0.05, 0.1) is 29.4 Å². The summed E-state index contributed by atoms with van der Waals surface area (Å²) in [6.07, 6.45) is 1.92. The van der Waals surface area contributed by atoms with E-state index in [2.05, 4.69) is 20.9 Å². The molecule has 3 aromatic rings. The van der Waals surface area contributed by atoms with Crippen molar-refractivity contribution in [2.24, 2.45) is 0 Å². The molecule has 0 saturated heterocycles. The zero-order valence-electron chi connectivity index (χ0n) is 19.2. The number of rotatable bonds is 10. The third-order valence-corrected chi connectivity index (χ3v) is 6.56. The van der Waals surface area contributed by atoms with Crippen LogP contribution in [0.2, 0.25) is 0 Å². The molecule has 0 aliphatic heterocycles. The molecule has 0 spiro atoms. The Bertz CT molecular complexity index is 1280. The summed E-state index contributed by atoms with van der Waals surface area (Å²) in [5, 5.41) is 18.1. The van der Waals surface area contributed by atoms with Crippen LogP contribution in [0.5, 0.6) is 0 Å². The van der Waals surface area contributed by atoms with E-state index in [0.29, 0.717) is 29.2 Å². The zero-order valence-corrected chi connectivity index (χ0v) is 20.0. The number of carbonyl (C=O) groups excluding carboxylic acids is 3. The number of hydrogen-bond donors (Lipinski definition) is 3. The van der Waals surface area contributed by atoms with Crippen LogP contribution in [0.3, 0.4) is 0 Å². The van der Waals surface area contributed by atoms with Crippen molar-refractivity contribution in [1.29, 1.82) is 5.26 Å². The maximum atomic E-state index is 12.5. The maximum Gasteiger partial charge on any atom is 0.251 e. The minimum absolute atomic E-state index is 0.164. The molecule has 0 bridgehead atoms. The number of thiazole rings is 1. The first kappa shape index (κ1) is 24.3. The van der Waals surface area contributed by atoms with E-state index in [1.54, 1.807) is 19.2 Å². The highest BCUT2D eigenvalue weighted by atomic mass is 32.1. The van der Waals surface area contributed by atoms with Crippen molar-refractivity contribution in [3.63, 3.8) is 0 Å². The van der Waals surface area contributed by atoms with E-state index in [1.807, 2.05) is 36.4 Å². The molecule has 3 N–H and O–H groups in total. The first-order valence-corrected chi connectivity index (χ1v) is 12.0. The Balaban J connectivity index is 1.44. The second-order valence-corrected chi connectivity index (χ2v) is 9.24. The van der Waals surface area contributed by atoms with Gasteiger partial charge in [-0.2, -0.15) is 5.26 Å². The number of nitrogens with one attached hydrogen (secondary N) is 3. The molecule has 1 saturated carbocycles. The lowest BCUT2D eigenvalue weighted by Gasteiger charge is -2.08. The van der Waals surface area contributed by atoms with Crippen LogP contribution in [-0.4, -0.2) is 55.6 Å². The highest BCUT2D eigenvalue weighted by molar-refractivity contribution is 7.18.